The molecule has 1 aromatic heterocycles. The molecule has 0 atom stereocenters. The lowest BCUT2D eigenvalue weighted by Crippen LogP contribution is -2.38. The first kappa shape index (κ1) is 16.0. The van der Waals surface area contributed by atoms with Gasteiger partial charge in [0.2, 0.25) is 5.75 Å². The van der Waals surface area contributed by atoms with Gasteiger partial charge in [0.25, 0.3) is 5.91 Å². The molecule has 1 aliphatic rings. The number of benzene rings is 1. The summed E-state index contributed by atoms with van der Waals surface area (Å²) < 4.78 is 10.4. The van der Waals surface area contributed by atoms with Gasteiger partial charge in [-0.1, -0.05) is 11.6 Å². The van der Waals surface area contributed by atoms with Gasteiger partial charge < -0.3 is 14.4 Å². The Hall–Kier alpha value is -2.87. The number of pyridine rings is 1. The highest BCUT2D eigenvalue weighted by Crippen LogP contribution is 2.37. The molecule has 0 aliphatic carbocycles. The largest absolute Gasteiger partial charge is 0.489 e. The number of methoxy groups -OCH3 is 1. The molecule has 0 saturated carbocycles. The molecule has 9 heteroatoms. The Kier molecular flexibility index (Phi) is 4.22. The lowest BCUT2D eigenvalue weighted by Gasteiger charge is -2.29. The van der Waals surface area contributed by atoms with Crippen molar-refractivity contribution in [2.24, 2.45) is 0 Å². The Balaban J connectivity index is 2.04. The molecule has 24 heavy (non-hydrogen) atoms. The number of nitro benzene ring substituents is 1. The highest BCUT2D eigenvalue weighted by molar-refractivity contribution is 6.33. The fraction of sp³-hybridized carbons (Fsp3) is 0.200. The summed E-state index contributed by atoms with van der Waals surface area (Å²) in [5.41, 5.74) is 0.223. The number of aromatic nitrogens is 1. The van der Waals surface area contributed by atoms with Crippen LogP contribution in [0.2, 0.25) is 5.02 Å². The van der Waals surface area contributed by atoms with Gasteiger partial charge in [-0.25, -0.2) is 0 Å². The van der Waals surface area contributed by atoms with Gasteiger partial charge >= 0.3 is 5.69 Å². The maximum absolute atomic E-state index is 12.8. The fourth-order valence-corrected chi connectivity index (χ4v) is 2.76. The van der Waals surface area contributed by atoms with Crippen molar-refractivity contribution in [1.29, 1.82) is 0 Å². The van der Waals surface area contributed by atoms with Gasteiger partial charge in [-0.2, -0.15) is 0 Å². The quantitative estimate of drug-likeness (QED) is 0.624. The molecule has 1 amide bonds. The zero-order valence-corrected chi connectivity index (χ0v) is 13.3. The number of halogens is 1. The van der Waals surface area contributed by atoms with E-state index in [0.29, 0.717) is 24.6 Å². The summed E-state index contributed by atoms with van der Waals surface area (Å²) in [6.45, 7) is 0.615. The zero-order valence-electron chi connectivity index (χ0n) is 12.6. The average molecular weight is 350 g/mol. The first-order chi connectivity index (χ1) is 11.5. The summed E-state index contributed by atoms with van der Waals surface area (Å²) in [5, 5.41) is 11.2. The predicted octanol–water partition coefficient (Wildman–Crippen LogP) is 2.69. The molecule has 1 aromatic carbocycles. The topological polar surface area (TPSA) is 94.8 Å². The minimum Gasteiger partial charge on any atom is -0.489 e. The third-order valence-corrected chi connectivity index (χ3v) is 3.82. The van der Waals surface area contributed by atoms with Gasteiger partial charge in [0, 0.05) is 23.9 Å². The fourth-order valence-electron chi connectivity index (χ4n) is 2.47. The number of anilines is 1. The predicted molar refractivity (Wildman–Crippen MR) is 86.1 cm³/mol. The standard InChI is InChI=1S/C15H12ClN3O5/c1-23-14-10(16)6-9(7-11(14)19(21)22)15(20)18-4-5-24-13-2-3-17-8-12(13)18/h2-3,6-8H,4-5H2,1H3. The smallest absolute Gasteiger partial charge is 0.313 e. The van der Waals surface area contributed by atoms with Gasteiger partial charge in [-0.15, -0.1) is 0 Å². The molecule has 3 rings (SSSR count). The van der Waals surface area contributed by atoms with Crippen LogP contribution in [-0.2, 0) is 0 Å². The highest BCUT2D eigenvalue weighted by Gasteiger charge is 2.28. The van der Waals surface area contributed by atoms with E-state index in [4.69, 9.17) is 21.1 Å². The Morgan fingerprint density at radius 1 is 1.50 bits per heavy atom. The van der Waals surface area contributed by atoms with Crippen LogP contribution in [0.3, 0.4) is 0 Å². The summed E-state index contributed by atoms with van der Waals surface area (Å²) in [7, 11) is 1.28. The molecule has 124 valence electrons. The third kappa shape index (κ3) is 2.71. The van der Waals surface area contributed by atoms with Crippen molar-refractivity contribution in [3.05, 3.63) is 51.3 Å². The minimum atomic E-state index is -0.643. The molecular formula is C15H12ClN3O5. The van der Waals surface area contributed by atoms with Crippen molar-refractivity contribution >= 4 is 28.9 Å². The van der Waals surface area contributed by atoms with E-state index in [-0.39, 0.29) is 22.0 Å². The van der Waals surface area contributed by atoms with E-state index < -0.39 is 10.8 Å². The summed E-state index contributed by atoms with van der Waals surface area (Å²) >= 11 is 6.02. The molecule has 2 aromatic rings. The molecule has 0 radical (unpaired) electrons. The van der Waals surface area contributed by atoms with Crippen LogP contribution in [0.25, 0.3) is 0 Å². The minimum absolute atomic E-state index is 0.00489. The van der Waals surface area contributed by atoms with Crippen LogP contribution in [0.4, 0.5) is 11.4 Å². The van der Waals surface area contributed by atoms with E-state index in [2.05, 4.69) is 4.98 Å². The van der Waals surface area contributed by atoms with Gasteiger partial charge in [0.1, 0.15) is 18.0 Å². The molecular weight excluding hydrogens is 338 g/mol. The number of carbonyl (C=O) groups excluding carboxylic acids is 1. The van der Waals surface area contributed by atoms with E-state index in [1.54, 1.807) is 12.3 Å². The van der Waals surface area contributed by atoms with Crippen LogP contribution in [0.15, 0.2) is 30.6 Å². The second-order valence-electron chi connectivity index (χ2n) is 4.92. The number of ether oxygens (including phenoxy) is 2. The molecule has 0 saturated heterocycles. The highest BCUT2D eigenvalue weighted by atomic mass is 35.5. The van der Waals surface area contributed by atoms with Gasteiger partial charge in [-0.05, 0) is 6.07 Å². The Morgan fingerprint density at radius 3 is 3.00 bits per heavy atom. The van der Waals surface area contributed by atoms with Crippen LogP contribution in [-0.4, -0.2) is 36.1 Å². The number of carbonyl (C=O) groups is 1. The Morgan fingerprint density at radius 2 is 2.29 bits per heavy atom. The van der Waals surface area contributed by atoms with Crippen molar-refractivity contribution in [3.8, 4) is 11.5 Å². The van der Waals surface area contributed by atoms with Crippen LogP contribution in [0, 0.1) is 10.1 Å². The van der Waals surface area contributed by atoms with Crippen molar-refractivity contribution in [2.75, 3.05) is 25.2 Å². The van der Waals surface area contributed by atoms with E-state index >= 15 is 0 Å². The summed E-state index contributed by atoms with van der Waals surface area (Å²) in [5.74, 6) is 0.0150. The SMILES string of the molecule is COc1c(Cl)cc(C(=O)N2CCOc3ccncc32)cc1[N+](=O)[O-]. The summed E-state index contributed by atoms with van der Waals surface area (Å²) in [6, 6.07) is 4.15. The first-order valence-corrected chi connectivity index (χ1v) is 7.31. The second kappa shape index (κ2) is 6.32. The number of rotatable bonds is 3. The summed E-state index contributed by atoms with van der Waals surface area (Å²) in [6.07, 6.45) is 3.06. The lowest BCUT2D eigenvalue weighted by molar-refractivity contribution is -0.385. The lowest BCUT2D eigenvalue weighted by atomic mass is 10.1. The number of hydrogen-bond acceptors (Lipinski definition) is 6. The normalized spacial score (nSPS) is 13.0. The van der Waals surface area contributed by atoms with E-state index in [9.17, 15) is 14.9 Å². The average Bonchev–Trinajstić information content (AvgIpc) is 2.59. The number of fused-ring (bicyclic) bond motifs is 1. The van der Waals surface area contributed by atoms with Crippen molar-refractivity contribution in [3.63, 3.8) is 0 Å². The molecule has 0 bridgehead atoms. The monoisotopic (exact) mass is 349 g/mol. The van der Waals surface area contributed by atoms with E-state index in [0.717, 1.165) is 6.07 Å². The molecule has 2 heterocycles. The van der Waals surface area contributed by atoms with Gasteiger partial charge in [0.15, 0.2) is 0 Å². The molecule has 0 unspecified atom stereocenters. The molecule has 8 nitrogen and oxygen atoms in total. The van der Waals surface area contributed by atoms with E-state index in [1.165, 1.54) is 24.3 Å². The maximum Gasteiger partial charge on any atom is 0.313 e. The number of hydrogen-bond donors (Lipinski definition) is 0. The first-order valence-electron chi connectivity index (χ1n) is 6.93. The molecule has 0 N–H and O–H groups in total. The van der Waals surface area contributed by atoms with Crippen LogP contribution >= 0.6 is 11.6 Å². The maximum atomic E-state index is 12.8. The third-order valence-electron chi connectivity index (χ3n) is 3.54. The van der Waals surface area contributed by atoms with Crippen LogP contribution < -0.4 is 14.4 Å². The number of nitro groups is 1. The number of nitrogens with zero attached hydrogens (tertiary/aromatic N) is 3. The van der Waals surface area contributed by atoms with E-state index in [1.807, 2.05) is 0 Å². The zero-order chi connectivity index (χ0) is 17.3. The molecule has 0 spiro atoms. The Labute approximate surface area is 141 Å². The molecule has 0 fully saturated rings. The summed E-state index contributed by atoms with van der Waals surface area (Å²) in [4.78, 5) is 28.8. The molecule has 1 aliphatic heterocycles. The van der Waals surface area contributed by atoms with Gasteiger partial charge in [0.05, 0.1) is 29.8 Å². The number of amides is 1. The second-order valence-corrected chi connectivity index (χ2v) is 5.32. The Bertz CT molecular complexity index is 827. The van der Waals surface area contributed by atoms with Crippen molar-refractivity contribution in [1.82, 2.24) is 4.98 Å². The van der Waals surface area contributed by atoms with Gasteiger partial charge in [-0.3, -0.25) is 19.9 Å². The van der Waals surface area contributed by atoms with Crippen molar-refractivity contribution in [2.45, 2.75) is 0 Å². The van der Waals surface area contributed by atoms with Crippen LogP contribution in [0.1, 0.15) is 10.4 Å². The van der Waals surface area contributed by atoms with Crippen molar-refractivity contribution < 1.29 is 19.2 Å². The van der Waals surface area contributed by atoms with Crippen LogP contribution in [0.5, 0.6) is 11.5 Å².